The molecule has 0 saturated carbocycles. The lowest BCUT2D eigenvalue weighted by Gasteiger charge is -2.43. The second kappa shape index (κ2) is 7.21. The minimum Gasteiger partial charge on any atom is -0.477 e. The molecule has 1 atom stereocenters. The lowest BCUT2D eigenvalue weighted by molar-refractivity contribution is 0.0773. The van der Waals surface area contributed by atoms with Crippen molar-refractivity contribution in [3.8, 4) is 17.2 Å². The summed E-state index contributed by atoms with van der Waals surface area (Å²) in [6.45, 7) is 0.247. The molecule has 31 heavy (non-hydrogen) atoms. The maximum absolute atomic E-state index is 6.93. The van der Waals surface area contributed by atoms with Crippen LogP contribution in [0.3, 0.4) is 0 Å². The van der Waals surface area contributed by atoms with E-state index in [0.717, 1.165) is 40.4 Å². The topological polar surface area (TPSA) is 27.7 Å². The van der Waals surface area contributed by atoms with Crippen LogP contribution < -0.4 is 14.2 Å². The van der Waals surface area contributed by atoms with E-state index in [2.05, 4.69) is 84.9 Å². The van der Waals surface area contributed by atoms with Crippen molar-refractivity contribution in [1.29, 1.82) is 0 Å². The second-order valence-electron chi connectivity index (χ2n) is 8.07. The summed E-state index contributed by atoms with van der Waals surface area (Å²) < 4.78 is 18.3. The highest BCUT2D eigenvalue weighted by Gasteiger charge is 2.45. The number of fused-ring (bicyclic) bond motifs is 2. The summed E-state index contributed by atoms with van der Waals surface area (Å²) in [6.07, 6.45) is 0.789. The van der Waals surface area contributed by atoms with Gasteiger partial charge in [-0.1, -0.05) is 91.0 Å². The van der Waals surface area contributed by atoms with Gasteiger partial charge in [-0.2, -0.15) is 0 Å². The fraction of sp³-hybridized carbons (Fsp3) is 0.143. The smallest absolute Gasteiger partial charge is 0.231 e. The predicted octanol–water partition coefficient (Wildman–Crippen LogP) is 6.27. The molecule has 0 fully saturated rings. The van der Waals surface area contributed by atoms with Gasteiger partial charge in [-0.3, -0.25) is 0 Å². The molecule has 2 heterocycles. The van der Waals surface area contributed by atoms with Crippen LogP contribution in [0.25, 0.3) is 0 Å². The zero-order valence-electron chi connectivity index (χ0n) is 17.0. The SMILES string of the molecule is c1ccc(C2CC(c3ccccc3)(c3ccccc3)Oc3cc4c(cc32)OCO4)cc1. The van der Waals surface area contributed by atoms with Crippen molar-refractivity contribution >= 4 is 0 Å². The Morgan fingerprint density at radius 3 is 1.77 bits per heavy atom. The molecule has 2 aliphatic rings. The zero-order chi connectivity index (χ0) is 20.7. The average molecular weight is 406 g/mol. The molecule has 0 spiro atoms. The van der Waals surface area contributed by atoms with Crippen LogP contribution in [-0.4, -0.2) is 6.79 Å². The van der Waals surface area contributed by atoms with Gasteiger partial charge in [0.25, 0.3) is 0 Å². The highest BCUT2D eigenvalue weighted by Crippen LogP contribution is 2.54. The minimum atomic E-state index is -0.607. The Hall–Kier alpha value is -3.72. The van der Waals surface area contributed by atoms with Crippen molar-refractivity contribution < 1.29 is 14.2 Å². The number of benzene rings is 4. The fourth-order valence-corrected chi connectivity index (χ4v) is 4.84. The van der Waals surface area contributed by atoms with Crippen LogP contribution in [0.1, 0.15) is 34.6 Å². The first-order valence-corrected chi connectivity index (χ1v) is 10.6. The van der Waals surface area contributed by atoms with Gasteiger partial charge >= 0.3 is 0 Å². The molecule has 3 nitrogen and oxygen atoms in total. The van der Waals surface area contributed by atoms with Crippen LogP contribution in [0, 0.1) is 0 Å². The summed E-state index contributed by atoms with van der Waals surface area (Å²) in [5.41, 5.74) is 4.08. The van der Waals surface area contributed by atoms with E-state index < -0.39 is 5.60 Å². The van der Waals surface area contributed by atoms with Crippen LogP contribution in [0.5, 0.6) is 17.2 Å². The van der Waals surface area contributed by atoms with Gasteiger partial charge < -0.3 is 14.2 Å². The van der Waals surface area contributed by atoms with Crippen molar-refractivity contribution in [3.63, 3.8) is 0 Å². The third-order valence-corrected chi connectivity index (χ3v) is 6.34. The van der Waals surface area contributed by atoms with E-state index in [4.69, 9.17) is 14.2 Å². The Morgan fingerprint density at radius 2 is 1.16 bits per heavy atom. The van der Waals surface area contributed by atoms with Gasteiger partial charge in [0.05, 0.1) is 0 Å². The third kappa shape index (κ3) is 2.97. The van der Waals surface area contributed by atoms with E-state index in [1.165, 1.54) is 5.56 Å². The van der Waals surface area contributed by atoms with Crippen molar-refractivity contribution in [2.45, 2.75) is 17.9 Å². The highest BCUT2D eigenvalue weighted by atomic mass is 16.7. The summed E-state index contributed by atoms with van der Waals surface area (Å²) >= 11 is 0. The molecule has 0 amide bonds. The molecule has 2 aliphatic heterocycles. The van der Waals surface area contributed by atoms with Gasteiger partial charge in [-0.05, 0) is 22.8 Å². The lowest BCUT2D eigenvalue weighted by Crippen LogP contribution is -2.40. The maximum Gasteiger partial charge on any atom is 0.231 e. The number of hydrogen-bond donors (Lipinski definition) is 0. The highest BCUT2D eigenvalue weighted by molar-refractivity contribution is 5.58. The van der Waals surface area contributed by atoms with E-state index in [1.807, 2.05) is 18.2 Å². The van der Waals surface area contributed by atoms with Crippen LogP contribution in [0.15, 0.2) is 103 Å². The Bertz CT molecular complexity index is 1160. The molecule has 152 valence electrons. The van der Waals surface area contributed by atoms with E-state index in [-0.39, 0.29) is 12.7 Å². The monoisotopic (exact) mass is 406 g/mol. The van der Waals surface area contributed by atoms with Crippen molar-refractivity contribution in [1.82, 2.24) is 0 Å². The molecule has 1 unspecified atom stereocenters. The van der Waals surface area contributed by atoms with Crippen LogP contribution >= 0.6 is 0 Å². The summed E-state index contributed by atoms with van der Waals surface area (Å²) in [5.74, 6) is 2.52. The quantitative estimate of drug-likeness (QED) is 0.401. The molecule has 0 saturated heterocycles. The molecule has 0 bridgehead atoms. The number of ether oxygens (including phenoxy) is 3. The Kier molecular flexibility index (Phi) is 4.20. The third-order valence-electron chi connectivity index (χ3n) is 6.34. The van der Waals surface area contributed by atoms with Crippen molar-refractivity contribution in [2.24, 2.45) is 0 Å². The van der Waals surface area contributed by atoms with Crippen molar-refractivity contribution in [2.75, 3.05) is 6.79 Å². The minimum absolute atomic E-state index is 0.153. The molecule has 0 aliphatic carbocycles. The Labute approximate surface area is 181 Å². The van der Waals surface area contributed by atoms with Gasteiger partial charge in [0.2, 0.25) is 6.79 Å². The lowest BCUT2D eigenvalue weighted by atomic mass is 9.72. The van der Waals surface area contributed by atoms with Crippen LogP contribution in [-0.2, 0) is 5.60 Å². The second-order valence-corrected chi connectivity index (χ2v) is 8.07. The molecular weight excluding hydrogens is 384 g/mol. The largest absolute Gasteiger partial charge is 0.477 e. The van der Waals surface area contributed by atoms with Crippen molar-refractivity contribution in [3.05, 3.63) is 125 Å². The van der Waals surface area contributed by atoms with E-state index in [0.29, 0.717) is 0 Å². The summed E-state index contributed by atoms with van der Waals surface area (Å²) in [4.78, 5) is 0. The Morgan fingerprint density at radius 1 is 0.613 bits per heavy atom. The molecule has 0 aromatic heterocycles. The van der Waals surface area contributed by atoms with Gasteiger partial charge in [0, 0.05) is 24.0 Å². The first kappa shape index (κ1) is 18.1. The molecule has 0 radical (unpaired) electrons. The van der Waals surface area contributed by atoms with Gasteiger partial charge in [-0.25, -0.2) is 0 Å². The molecular formula is C28H22O3. The summed E-state index contributed by atoms with van der Waals surface area (Å²) in [5, 5.41) is 0. The zero-order valence-corrected chi connectivity index (χ0v) is 17.0. The first-order chi connectivity index (χ1) is 15.3. The van der Waals surface area contributed by atoms with Gasteiger partial charge in [-0.15, -0.1) is 0 Å². The Balaban J connectivity index is 1.60. The van der Waals surface area contributed by atoms with E-state index in [9.17, 15) is 0 Å². The standard InChI is InChI=1S/C28H22O3/c1-4-10-20(11-5-1)24-18-28(21-12-6-2-7-13-21,22-14-8-3-9-15-22)31-25-17-27-26(16-23(24)25)29-19-30-27/h1-17,24H,18-19H2. The molecule has 4 aromatic rings. The summed E-state index contributed by atoms with van der Waals surface area (Å²) in [6, 6.07) is 35.8. The number of rotatable bonds is 3. The molecule has 6 rings (SSSR count). The van der Waals surface area contributed by atoms with E-state index in [1.54, 1.807) is 0 Å². The van der Waals surface area contributed by atoms with Gasteiger partial charge in [0.1, 0.15) is 5.75 Å². The van der Waals surface area contributed by atoms with Crippen LogP contribution in [0.4, 0.5) is 0 Å². The molecule has 3 heteroatoms. The first-order valence-electron chi connectivity index (χ1n) is 10.6. The fourth-order valence-electron chi connectivity index (χ4n) is 4.84. The summed E-state index contributed by atoms with van der Waals surface area (Å²) in [7, 11) is 0. The predicted molar refractivity (Wildman–Crippen MR) is 120 cm³/mol. The number of hydrogen-bond acceptors (Lipinski definition) is 3. The van der Waals surface area contributed by atoms with Crippen LogP contribution in [0.2, 0.25) is 0 Å². The average Bonchev–Trinajstić information content (AvgIpc) is 3.31. The normalized spacial score (nSPS) is 18.1. The molecule has 4 aromatic carbocycles. The van der Waals surface area contributed by atoms with Gasteiger partial charge in [0.15, 0.2) is 17.1 Å². The van der Waals surface area contributed by atoms with E-state index >= 15 is 0 Å². The maximum atomic E-state index is 6.93. The molecule has 0 N–H and O–H groups in total.